The van der Waals surface area contributed by atoms with Crippen molar-refractivity contribution in [1.29, 1.82) is 0 Å². The summed E-state index contributed by atoms with van der Waals surface area (Å²) >= 11 is 0. The molecule has 0 atom stereocenters. The molecule has 2 aliphatic rings. The van der Waals surface area contributed by atoms with Gasteiger partial charge in [-0.1, -0.05) is 6.07 Å². The van der Waals surface area contributed by atoms with Gasteiger partial charge in [0.2, 0.25) is 0 Å². The first-order chi connectivity index (χ1) is 16.2. The summed E-state index contributed by atoms with van der Waals surface area (Å²) in [6.07, 6.45) is 7.66. The number of hydrogen-bond donors (Lipinski definition) is 1. The lowest BCUT2D eigenvalue weighted by Gasteiger charge is -2.31. The highest BCUT2D eigenvalue weighted by Gasteiger charge is 2.31. The van der Waals surface area contributed by atoms with Gasteiger partial charge in [-0.25, -0.2) is 4.98 Å². The molecule has 0 spiro atoms. The third-order valence-electron chi connectivity index (χ3n) is 6.24. The normalized spacial score (nSPS) is 16.6. The van der Waals surface area contributed by atoms with Crippen LogP contribution >= 0.6 is 0 Å². The van der Waals surface area contributed by atoms with Crippen LogP contribution in [0.15, 0.2) is 42.7 Å². The van der Waals surface area contributed by atoms with Crippen molar-refractivity contribution in [3.63, 3.8) is 0 Å². The molecule has 2 aromatic heterocycles. The molecule has 33 heavy (non-hydrogen) atoms. The minimum absolute atomic E-state index is 0.0180. The molecule has 8 heteroatoms. The number of nitrogens with zero attached hydrogens (tertiary/aromatic N) is 4. The molecule has 0 bridgehead atoms. The van der Waals surface area contributed by atoms with Crippen LogP contribution in [0.1, 0.15) is 72.0 Å². The second kappa shape index (κ2) is 9.60. The molecule has 1 saturated heterocycles. The monoisotopic (exact) mass is 447 g/mol. The van der Waals surface area contributed by atoms with Crippen LogP contribution in [0.3, 0.4) is 0 Å². The van der Waals surface area contributed by atoms with E-state index in [1.807, 2.05) is 36.1 Å². The molecule has 0 radical (unpaired) electrons. The van der Waals surface area contributed by atoms with Gasteiger partial charge in [0.05, 0.1) is 6.61 Å². The molecule has 1 aromatic carbocycles. The van der Waals surface area contributed by atoms with Crippen LogP contribution in [0.4, 0.5) is 0 Å². The van der Waals surface area contributed by atoms with E-state index in [2.05, 4.69) is 15.2 Å². The van der Waals surface area contributed by atoms with E-state index in [4.69, 9.17) is 14.5 Å². The molecular formula is C25H29N5O3. The summed E-state index contributed by atoms with van der Waals surface area (Å²) in [7, 11) is 0. The highest BCUT2D eigenvalue weighted by atomic mass is 16.5. The lowest BCUT2D eigenvalue weighted by Crippen LogP contribution is -2.38. The Morgan fingerprint density at radius 1 is 1.09 bits per heavy atom. The number of ether oxygens (including phenoxy) is 2. The van der Waals surface area contributed by atoms with Crippen LogP contribution in [0.25, 0.3) is 0 Å². The Kier molecular flexibility index (Phi) is 6.24. The predicted molar refractivity (Wildman–Crippen MR) is 122 cm³/mol. The van der Waals surface area contributed by atoms with E-state index >= 15 is 0 Å². The van der Waals surface area contributed by atoms with E-state index < -0.39 is 0 Å². The fraction of sp³-hybridized carbons (Fsp3) is 0.440. The molecular weight excluding hydrogens is 418 g/mol. The molecule has 1 aliphatic heterocycles. The van der Waals surface area contributed by atoms with E-state index in [9.17, 15) is 4.79 Å². The number of pyridine rings is 1. The van der Waals surface area contributed by atoms with Gasteiger partial charge in [-0.2, -0.15) is 5.10 Å². The van der Waals surface area contributed by atoms with E-state index in [1.165, 1.54) is 12.8 Å². The van der Waals surface area contributed by atoms with Gasteiger partial charge in [0.1, 0.15) is 12.4 Å². The summed E-state index contributed by atoms with van der Waals surface area (Å²) in [6, 6.07) is 9.25. The maximum atomic E-state index is 13.2. The van der Waals surface area contributed by atoms with Crippen LogP contribution in [-0.2, 0) is 6.61 Å². The van der Waals surface area contributed by atoms with Crippen molar-refractivity contribution in [2.45, 2.75) is 51.0 Å². The van der Waals surface area contributed by atoms with Crippen molar-refractivity contribution in [2.24, 2.45) is 0 Å². The molecule has 1 saturated carbocycles. The third-order valence-corrected chi connectivity index (χ3v) is 6.24. The molecule has 172 valence electrons. The lowest BCUT2D eigenvalue weighted by atomic mass is 9.95. The van der Waals surface area contributed by atoms with Crippen molar-refractivity contribution in [1.82, 2.24) is 25.1 Å². The van der Waals surface area contributed by atoms with Crippen LogP contribution in [0, 0.1) is 0 Å². The van der Waals surface area contributed by atoms with Crippen LogP contribution < -0.4 is 9.47 Å². The SMILES string of the molecule is CCOc1cc(C(=O)N2CCC(c3nc(C4CC4)n[nH]3)CC2)ccc1OCc1cccnc1. The number of aromatic nitrogens is 4. The summed E-state index contributed by atoms with van der Waals surface area (Å²) < 4.78 is 11.7. The maximum Gasteiger partial charge on any atom is 0.253 e. The Hall–Kier alpha value is -3.42. The Bertz CT molecular complexity index is 1090. The summed E-state index contributed by atoms with van der Waals surface area (Å²) in [4.78, 5) is 23.9. The number of nitrogens with one attached hydrogen (secondary N) is 1. The minimum Gasteiger partial charge on any atom is -0.490 e. The van der Waals surface area contributed by atoms with Crippen molar-refractivity contribution in [3.8, 4) is 11.5 Å². The van der Waals surface area contributed by atoms with Gasteiger partial charge in [-0.15, -0.1) is 0 Å². The van der Waals surface area contributed by atoms with E-state index in [0.717, 1.165) is 30.1 Å². The number of amides is 1. The summed E-state index contributed by atoms with van der Waals surface area (Å²) in [6.45, 7) is 4.20. The van der Waals surface area contributed by atoms with Gasteiger partial charge >= 0.3 is 0 Å². The first-order valence-corrected chi connectivity index (χ1v) is 11.7. The number of carbonyl (C=O) groups is 1. The zero-order chi connectivity index (χ0) is 22.6. The lowest BCUT2D eigenvalue weighted by molar-refractivity contribution is 0.0710. The number of hydrogen-bond acceptors (Lipinski definition) is 6. The van der Waals surface area contributed by atoms with Crippen molar-refractivity contribution < 1.29 is 14.3 Å². The zero-order valence-corrected chi connectivity index (χ0v) is 18.9. The number of rotatable bonds is 8. The number of piperidine rings is 1. The number of benzene rings is 1. The first kappa shape index (κ1) is 21.4. The number of aromatic amines is 1. The summed E-state index contributed by atoms with van der Waals surface area (Å²) in [5.74, 6) is 4.02. The molecule has 3 heterocycles. The third kappa shape index (κ3) is 4.99. The summed E-state index contributed by atoms with van der Waals surface area (Å²) in [5.41, 5.74) is 1.58. The summed E-state index contributed by atoms with van der Waals surface area (Å²) in [5, 5.41) is 7.50. The highest BCUT2D eigenvalue weighted by molar-refractivity contribution is 5.95. The largest absolute Gasteiger partial charge is 0.490 e. The first-order valence-electron chi connectivity index (χ1n) is 11.7. The minimum atomic E-state index is 0.0180. The second-order valence-corrected chi connectivity index (χ2v) is 8.66. The van der Waals surface area contributed by atoms with E-state index in [-0.39, 0.29) is 5.91 Å². The Morgan fingerprint density at radius 3 is 2.67 bits per heavy atom. The van der Waals surface area contributed by atoms with Gasteiger partial charge < -0.3 is 14.4 Å². The predicted octanol–water partition coefficient (Wildman–Crippen LogP) is 4.07. The number of likely N-dealkylation sites (tertiary alicyclic amines) is 1. The van der Waals surface area contributed by atoms with Crippen LogP contribution in [0.5, 0.6) is 11.5 Å². The fourth-order valence-corrected chi connectivity index (χ4v) is 4.21. The quantitative estimate of drug-likeness (QED) is 0.559. The molecule has 1 N–H and O–H groups in total. The van der Waals surface area contributed by atoms with E-state index in [0.29, 0.717) is 55.2 Å². The number of carbonyl (C=O) groups excluding carboxylic acids is 1. The van der Waals surface area contributed by atoms with Gasteiger partial charge in [0, 0.05) is 48.4 Å². The molecule has 2 fully saturated rings. The molecule has 0 unspecified atom stereocenters. The zero-order valence-electron chi connectivity index (χ0n) is 18.9. The standard InChI is InChI=1S/C25H29N5O3/c1-2-32-22-14-20(7-8-21(22)33-16-17-4-3-11-26-15-17)25(31)30-12-9-19(10-13-30)24-27-23(28-29-24)18-5-6-18/h3-4,7-8,11,14-15,18-19H,2,5-6,9-10,12-13,16H2,1H3,(H,27,28,29). The van der Waals surface area contributed by atoms with Gasteiger partial charge in [-0.3, -0.25) is 14.9 Å². The average Bonchev–Trinajstić information content (AvgIpc) is 3.60. The van der Waals surface area contributed by atoms with Gasteiger partial charge in [-0.05, 0) is 56.9 Å². The highest BCUT2D eigenvalue weighted by Crippen LogP contribution is 2.38. The van der Waals surface area contributed by atoms with Crippen molar-refractivity contribution >= 4 is 5.91 Å². The van der Waals surface area contributed by atoms with Crippen molar-refractivity contribution in [2.75, 3.05) is 19.7 Å². The second-order valence-electron chi connectivity index (χ2n) is 8.66. The van der Waals surface area contributed by atoms with Crippen molar-refractivity contribution in [3.05, 3.63) is 65.5 Å². The molecule has 8 nitrogen and oxygen atoms in total. The van der Waals surface area contributed by atoms with E-state index in [1.54, 1.807) is 18.5 Å². The number of H-pyrrole nitrogens is 1. The van der Waals surface area contributed by atoms with Crippen LogP contribution in [0.2, 0.25) is 0 Å². The topological polar surface area (TPSA) is 93.2 Å². The maximum absolute atomic E-state index is 13.2. The Labute approximate surface area is 193 Å². The molecule has 3 aromatic rings. The fourth-order valence-electron chi connectivity index (χ4n) is 4.21. The smallest absolute Gasteiger partial charge is 0.253 e. The molecule has 1 aliphatic carbocycles. The van der Waals surface area contributed by atoms with Crippen LogP contribution in [-0.4, -0.2) is 50.7 Å². The molecule has 5 rings (SSSR count). The molecule has 1 amide bonds. The Morgan fingerprint density at radius 2 is 1.94 bits per heavy atom. The van der Waals surface area contributed by atoms with Gasteiger partial charge in [0.15, 0.2) is 17.3 Å². The Balaban J connectivity index is 1.21. The average molecular weight is 448 g/mol. The van der Waals surface area contributed by atoms with Gasteiger partial charge in [0.25, 0.3) is 5.91 Å².